The molecule has 0 amide bonds. The second-order valence-electron chi connectivity index (χ2n) is 5.71. The fourth-order valence-electron chi connectivity index (χ4n) is 2.05. The number of hydrogen-bond acceptors (Lipinski definition) is 2. The van der Waals surface area contributed by atoms with Crippen LogP contribution in [0.3, 0.4) is 0 Å². The number of aliphatic hydroxyl groups excluding tert-OH is 1. The Morgan fingerprint density at radius 3 is 1.32 bits per heavy atom. The van der Waals surface area contributed by atoms with Gasteiger partial charge in [-0.25, -0.2) is 0 Å². The molecule has 0 saturated heterocycles. The maximum atomic E-state index is 8.57. The zero-order chi connectivity index (χ0) is 14.8. The van der Waals surface area contributed by atoms with Crippen LogP contribution >= 0.6 is 0 Å². The van der Waals surface area contributed by atoms with Crippen LogP contribution in [0.2, 0.25) is 0 Å². The lowest BCUT2D eigenvalue weighted by molar-refractivity contribution is 0.282. The average molecular weight is 274 g/mol. The third kappa shape index (κ3) is 27.2. The van der Waals surface area contributed by atoms with Crippen LogP contribution < -0.4 is 0 Å². The fraction of sp³-hybridized carbons (Fsp3) is 1.00. The van der Waals surface area contributed by atoms with Crippen LogP contribution in [0.1, 0.15) is 84.5 Å². The Bertz CT molecular complexity index is 127. The predicted octanol–water partition coefficient (Wildman–Crippen LogP) is 4.86. The third-order valence-corrected chi connectivity index (χ3v) is 3.18. The Hall–Kier alpha value is -0.0800. The minimum absolute atomic E-state index is 0.372. The van der Waals surface area contributed by atoms with Crippen LogP contribution in [0.15, 0.2) is 0 Å². The Morgan fingerprint density at radius 1 is 0.632 bits per heavy atom. The predicted molar refractivity (Wildman–Crippen MR) is 87.8 cm³/mol. The summed E-state index contributed by atoms with van der Waals surface area (Å²) in [5, 5.41) is 8.57. The van der Waals surface area contributed by atoms with Crippen molar-refractivity contribution in [2.24, 2.45) is 0 Å². The van der Waals surface area contributed by atoms with E-state index in [4.69, 9.17) is 5.11 Å². The zero-order valence-electron chi connectivity index (χ0n) is 14.1. The largest absolute Gasteiger partial charge is 0.396 e. The van der Waals surface area contributed by atoms with Gasteiger partial charge >= 0.3 is 0 Å². The summed E-state index contributed by atoms with van der Waals surface area (Å²) in [5.41, 5.74) is 0. The van der Waals surface area contributed by atoms with Gasteiger partial charge in [-0.05, 0) is 33.5 Å². The normalized spacial score (nSPS) is 10.4. The number of rotatable bonds is 12. The van der Waals surface area contributed by atoms with Crippen molar-refractivity contribution in [3.05, 3.63) is 0 Å². The van der Waals surface area contributed by atoms with Gasteiger partial charge in [0.25, 0.3) is 0 Å². The summed E-state index contributed by atoms with van der Waals surface area (Å²) in [4.78, 5) is 2.18. The summed E-state index contributed by atoms with van der Waals surface area (Å²) in [6.07, 6.45) is 14.6. The zero-order valence-corrected chi connectivity index (χ0v) is 14.1. The minimum Gasteiger partial charge on any atom is -0.396 e. The molecule has 0 saturated carbocycles. The molecule has 118 valence electrons. The molecule has 0 bridgehead atoms. The first-order valence-electron chi connectivity index (χ1n) is 8.44. The third-order valence-electron chi connectivity index (χ3n) is 3.18. The van der Waals surface area contributed by atoms with E-state index in [0.717, 1.165) is 6.42 Å². The van der Waals surface area contributed by atoms with Gasteiger partial charge < -0.3 is 10.0 Å². The molecule has 1 N–H and O–H groups in total. The van der Waals surface area contributed by atoms with Gasteiger partial charge in [-0.3, -0.25) is 0 Å². The van der Waals surface area contributed by atoms with E-state index in [-0.39, 0.29) is 0 Å². The van der Waals surface area contributed by atoms with Crippen molar-refractivity contribution in [2.45, 2.75) is 84.5 Å². The van der Waals surface area contributed by atoms with Crippen LogP contribution in [-0.2, 0) is 0 Å². The van der Waals surface area contributed by atoms with Crippen molar-refractivity contribution >= 4 is 0 Å². The topological polar surface area (TPSA) is 23.5 Å². The van der Waals surface area contributed by atoms with Crippen molar-refractivity contribution in [3.8, 4) is 0 Å². The lowest BCUT2D eigenvalue weighted by Crippen LogP contribution is -2.11. The highest BCUT2D eigenvalue weighted by Crippen LogP contribution is 2.09. The molecular weight excluding hydrogens is 234 g/mol. The van der Waals surface area contributed by atoms with Gasteiger partial charge in [0.2, 0.25) is 0 Å². The second-order valence-corrected chi connectivity index (χ2v) is 5.71. The molecule has 0 heterocycles. The summed E-state index contributed by atoms with van der Waals surface area (Å²) >= 11 is 0. The molecule has 2 heteroatoms. The Morgan fingerprint density at radius 2 is 1.05 bits per heavy atom. The van der Waals surface area contributed by atoms with Gasteiger partial charge in [0, 0.05) is 6.61 Å². The SMILES string of the molecule is CCCCCCCCCCCCO.CCCN(C)C. The maximum absolute atomic E-state index is 8.57. The van der Waals surface area contributed by atoms with Gasteiger partial charge in [-0.1, -0.05) is 71.6 Å². The van der Waals surface area contributed by atoms with Crippen LogP contribution in [0.25, 0.3) is 0 Å². The molecular formula is C17H39NO. The van der Waals surface area contributed by atoms with Gasteiger partial charge in [0.1, 0.15) is 0 Å². The van der Waals surface area contributed by atoms with Crippen molar-refractivity contribution in [2.75, 3.05) is 27.2 Å². The van der Waals surface area contributed by atoms with E-state index in [1.54, 1.807) is 0 Å². The van der Waals surface area contributed by atoms with Crippen LogP contribution in [0, 0.1) is 0 Å². The van der Waals surface area contributed by atoms with E-state index in [1.165, 1.54) is 70.8 Å². The van der Waals surface area contributed by atoms with Gasteiger partial charge in [-0.2, -0.15) is 0 Å². The van der Waals surface area contributed by atoms with E-state index in [2.05, 4.69) is 32.8 Å². The lowest BCUT2D eigenvalue weighted by Gasteiger charge is -2.03. The van der Waals surface area contributed by atoms with Crippen molar-refractivity contribution in [1.29, 1.82) is 0 Å². The van der Waals surface area contributed by atoms with Gasteiger partial charge in [-0.15, -0.1) is 0 Å². The molecule has 0 unspecified atom stereocenters. The number of hydrogen-bond donors (Lipinski definition) is 1. The fourth-order valence-corrected chi connectivity index (χ4v) is 2.05. The molecule has 19 heavy (non-hydrogen) atoms. The van der Waals surface area contributed by atoms with Crippen LogP contribution in [-0.4, -0.2) is 37.3 Å². The Balaban J connectivity index is 0. The van der Waals surface area contributed by atoms with Crippen molar-refractivity contribution in [3.63, 3.8) is 0 Å². The summed E-state index contributed by atoms with van der Waals surface area (Å²) in [5.74, 6) is 0. The summed E-state index contributed by atoms with van der Waals surface area (Å²) < 4.78 is 0. The first-order chi connectivity index (χ1) is 9.18. The van der Waals surface area contributed by atoms with Crippen LogP contribution in [0.4, 0.5) is 0 Å². The first-order valence-corrected chi connectivity index (χ1v) is 8.44. The quantitative estimate of drug-likeness (QED) is 0.513. The molecule has 0 aliphatic carbocycles. The Kier molecular flexibility index (Phi) is 22.6. The molecule has 0 aliphatic rings. The van der Waals surface area contributed by atoms with E-state index in [9.17, 15) is 0 Å². The highest BCUT2D eigenvalue weighted by molar-refractivity contribution is 4.46. The van der Waals surface area contributed by atoms with Crippen molar-refractivity contribution in [1.82, 2.24) is 4.90 Å². The Labute approximate surface area is 122 Å². The van der Waals surface area contributed by atoms with E-state index in [1.807, 2.05) is 0 Å². The minimum atomic E-state index is 0.372. The highest BCUT2D eigenvalue weighted by Gasteiger charge is 1.91. The summed E-state index contributed by atoms with van der Waals surface area (Å²) in [7, 11) is 4.17. The number of nitrogens with zero attached hydrogens (tertiary/aromatic N) is 1. The molecule has 2 nitrogen and oxygen atoms in total. The van der Waals surface area contributed by atoms with Crippen LogP contribution in [0.5, 0.6) is 0 Å². The summed E-state index contributed by atoms with van der Waals surface area (Å²) in [6.45, 7) is 6.02. The molecule has 0 aliphatic heterocycles. The monoisotopic (exact) mass is 273 g/mol. The molecule has 0 aromatic heterocycles. The molecule has 0 fully saturated rings. The van der Waals surface area contributed by atoms with Crippen molar-refractivity contribution < 1.29 is 5.11 Å². The lowest BCUT2D eigenvalue weighted by atomic mass is 10.1. The maximum Gasteiger partial charge on any atom is 0.0431 e. The average Bonchev–Trinajstić information content (AvgIpc) is 2.37. The van der Waals surface area contributed by atoms with E-state index in [0.29, 0.717) is 6.61 Å². The molecule has 0 aromatic carbocycles. The molecule has 0 rings (SSSR count). The second kappa shape index (κ2) is 20.2. The smallest absolute Gasteiger partial charge is 0.0431 e. The standard InChI is InChI=1S/C12H26O.C5H13N/c1-2-3-4-5-6-7-8-9-10-11-12-13;1-4-5-6(2)3/h13H,2-12H2,1H3;4-5H2,1-3H3. The number of unbranched alkanes of at least 4 members (excludes halogenated alkanes) is 9. The summed E-state index contributed by atoms with van der Waals surface area (Å²) in [6, 6.07) is 0. The van der Waals surface area contributed by atoms with Gasteiger partial charge in [0.05, 0.1) is 0 Å². The van der Waals surface area contributed by atoms with E-state index >= 15 is 0 Å². The first kappa shape index (κ1) is 21.2. The highest BCUT2D eigenvalue weighted by atomic mass is 16.2. The van der Waals surface area contributed by atoms with Gasteiger partial charge in [0.15, 0.2) is 0 Å². The molecule has 0 aromatic rings. The molecule has 0 spiro atoms. The number of aliphatic hydroxyl groups is 1. The molecule has 0 radical (unpaired) electrons. The molecule has 0 atom stereocenters. The van der Waals surface area contributed by atoms with E-state index < -0.39 is 0 Å².